The van der Waals surface area contributed by atoms with Crippen LogP contribution in [0.3, 0.4) is 0 Å². The molecule has 25 heavy (non-hydrogen) atoms. The molecule has 0 aliphatic rings. The maximum absolute atomic E-state index is 12.5. The third-order valence-electron chi connectivity index (χ3n) is 3.33. The monoisotopic (exact) mass is 384 g/mol. The highest BCUT2D eigenvalue weighted by Gasteiger charge is 2.25. The summed E-state index contributed by atoms with van der Waals surface area (Å²) in [7, 11) is -2.36. The van der Waals surface area contributed by atoms with Crippen LogP contribution in [0.4, 0.5) is 5.13 Å². The second-order valence-corrected chi connectivity index (χ2v) is 8.47. The maximum Gasteiger partial charge on any atom is 0.270 e. The lowest BCUT2D eigenvalue weighted by Crippen LogP contribution is -2.27. The minimum absolute atomic E-state index is 0.143. The molecule has 1 aromatic carbocycles. The Bertz CT molecular complexity index is 849. The number of hydrogen-bond donors (Lipinski definition) is 2. The van der Waals surface area contributed by atoms with E-state index in [9.17, 15) is 13.2 Å². The molecule has 8 nitrogen and oxygen atoms in total. The summed E-state index contributed by atoms with van der Waals surface area (Å²) in [5.41, 5.74) is 0.700. The highest BCUT2D eigenvalue weighted by molar-refractivity contribution is 7.91. The number of anilines is 1. The average molecular weight is 384 g/mol. The SMILES string of the molecule is COc1ccccc1[C@H](C)NS(=O)(=O)c1nnc(NC(=O)C(C)C)s1. The van der Waals surface area contributed by atoms with Crippen molar-refractivity contribution in [3.63, 3.8) is 0 Å². The van der Waals surface area contributed by atoms with E-state index in [4.69, 9.17) is 4.74 Å². The maximum atomic E-state index is 12.5. The molecule has 2 N–H and O–H groups in total. The number of methoxy groups -OCH3 is 1. The van der Waals surface area contributed by atoms with Crippen molar-refractivity contribution in [2.45, 2.75) is 31.2 Å². The summed E-state index contributed by atoms with van der Waals surface area (Å²) in [6.45, 7) is 5.16. The van der Waals surface area contributed by atoms with E-state index < -0.39 is 16.1 Å². The lowest BCUT2D eigenvalue weighted by Gasteiger charge is -2.16. The third-order valence-corrected chi connectivity index (χ3v) is 6.08. The zero-order valence-corrected chi connectivity index (χ0v) is 15.9. The fraction of sp³-hybridized carbons (Fsp3) is 0.400. The van der Waals surface area contributed by atoms with Crippen LogP contribution in [0, 0.1) is 5.92 Å². The molecule has 0 spiro atoms. The van der Waals surface area contributed by atoms with E-state index in [0.29, 0.717) is 11.3 Å². The number of carbonyl (C=O) groups is 1. The predicted octanol–water partition coefficient (Wildman–Crippen LogP) is 2.18. The number of para-hydroxylation sites is 1. The number of aromatic nitrogens is 2. The van der Waals surface area contributed by atoms with Crippen LogP contribution in [0.1, 0.15) is 32.4 Å². The van der Waals surface area contributed by atoms with Crippen LogP contribution in [-0.2, 0) is 14.8 Å². The number of ether oxygens (including phenoxy) is 1. The molecule has 2 aromatic rings. The molecule has 10 heteroatoms. The van der Waals surface area contributed by atoms with Crippen molar-refractivity contribution in [1.29, 1.82) is 0 Å². The first-order valence-electron chi connectivity index (χ1n) is 7.54. The van der Waals surface area contributed by atoms with Crippen molar-refractivity contribution < 1.29 is 17.9 Å². The molecule has 0 saturated carbocycles. The van der Waals surface area contributed by atoms with Crippen LogP contribution in [-0.4, -0.2) is 31.6 Å². The summed E-state index contributed by atoms with van der Waals surface area (Å²) in [6.07, 6.45) is 0. The summed E-state index contributed by atoms with van der Waals surface area (Å²) >= 11 is 0.797. The molecular weight excluding hydrogens is 364 g/mol. The first-order chi connectivity index (χ1) is 11.7. The predicted molar refractivity (Wildman–Crippen MR) is 95.1 cm³/mol. The fourth-order valence-corrected chi connectivity index (χ4v) is 4.13. The number of nitrogens with zero attached hydrogens (tertiary/aromatic N) is 2. The van der Waals surface area contributed by atoms with Crippen molar-refractivity contribution in [2.75, 3.05) is 12.4 Å². The van der Waals surface area contributed by atoms with E-state index in [2.05, 4.69) is 20.2 Å². The molecule has 0 fully saturated rings. The number of carbonyl (C=O) groups excluding carboxylic acids is 1. The van der Waals surface area contributed by atoms with Gasteiger partial charge in [0.05, 0.1) is 7.11 Å². The van der Waals surface area contributed by atoms with Crippen LogP contribution < -0.4 is 14.8 Å². The normalized spacial score (nSPS) is 12.8. The highest BCUT2D eigenvalue weighted by atomic mass is 32.2. The summed E-state index contributed by atoms with van der Waals surface area (Å²) in [5, 5.41) is 10.0. The van der Waals surface area contributed by atoms with Gasteiger partial charge in [-0.3, -0.25) is 4.79 Å². The molecule has 0 saturated heterocycles. The number of nitrogens with one attached hydrogen (secondary N) is 2. The van der Waals surface area contributed by atoms with E-state index >= 15 is 0 Å². The second kappa shape index (κ2) is 7.89. The highest BCUT2D eigenvalue weighted by Crippen LogP contribution is 2.27. The Labute approximate surface area is 150 Å². The third kappa shape index (κ3) is 4.74. The van der Waals surface area contributed by atoms with Gasteiger partial charge in [-0.2, -0.15) is 0 Å². The van der Waals surface area contributed by atoms with Gasteiger partial charge in [-0.05, 0) is 13.0 Å². The van der Waals surface area contributed by atoms with Gasteiger partial charge in [-0.25, -0.2) is 13.1 Å². The van der Waals surface area contributed by atoms with Crippen LogP contribution in [0.15, 0.2) is 28.6 Å². The van der Waals surface area contributed by atoms with E-state index in [-0.39, 0.29) is 21.3 Å². The van der Waals surface area contributed by atoms with Gasteiger partial charge in [0.1, 0.15) is 5.75 Å². The molecule has 0 bridgehead atoms. The van der Waals surface area contributed by atoms with Crippen molar-refractivity contribution in [3.8, 4) is 5.75 Å². The zero-order chi connectivity index (χ0) is 18.6. The Morgan fingerprint density at radius 1 is 1.20 bits per heavy atom. The van der Waals surface area contributed by atoms with Crippen molar-refractivity contribution in [1.82, 2.24) is 14.9 Å². The van der Waals surface area contributed by atoms with Crippen molar-refractivity contribution in [2.24, 2.45) is 5.92 Å². The number of sulfonamides is 1. The lowest BCUT2D eigenvalue weighted by molar-refractivity contribution is -0.118. The van der Waals surface area contributed by atoms with E-state index in [1.165, 1.54) is 7.11 Å². The number of hydrogen-bond acceptors (Lipinski definition) is 7. The smallest absolute Gasteiger partial charge is 0.270 e. The van der Waals surface area contributed by atoms with Crippen LogP contribution >= 0.6 is 11.3 Å². The molecular formula is C15H20N4O4S2. The summed E-state index contributed by atoms with van der Waals surface area (Å²) in [4.78, 5) is 11.7. The minimum atomic E-state index is -3.88. The number of benzene rings is 1. The second-order valence-electron chi connectivity index (χ2n) is 5.60. The van der Waals surface area contributed by atoms with Gasteiger partial charge in [0.2, 0.25) is 15.4 Å². The first-order valence-corrected chi connectivity index (χ1v) is 9.84. The molecule has 136 valence electrons. The topological polar surface area (TPSA) is 110 Å². The van der Waals surface area contributed by atoms with Gasteiger partial charge < -0.3 is 10.1 Å². The van der Waals surface area contributed by atoms with E-state index in [1.54, 1.807) is 45.0 Å². The Kier molecular flexibility index (Phi) is 6.09. The van der Waals surface area contributed by atoms with Gasteiger partial charge in [-0.1, -0.05) is 43.4 Å². The van der Waals surface area contributed by atoms with Crippen LogP contribution in [0.25, 0.3) is 0 Å². The molecule has 1 amide bonds. The van der Waals surface area contributed by atoms with Gasteiger partial charge in [0, 0.05) is 17.5 Å². The molecule has 1 atom stereocenters. The number of rotatable bonds is 7. The Morgan fingerprint density at radius 3 is 2.52 bits per heavy atom. The standard InChI is InChI=1S/C15H20N4O4S2/c1-9(2)13(20)16-14-17-18-15(24-14)25(21,22)19-10(3)11-7-5-6-8-12(11)23-4/h5-10,19H,1-4H3,(H,16,17,20)/t10-/m0/s1. The summed E-state index contributed by atoms with van der Waals surface area (Å²) in [5.74, 6) is 0.0861. The van der Waals surface area contributed by atoms with E-state index in [1.807, 2.05) is 0 Å². The lowest BCUT2D eigenvalue weighted by atomic mass is 10.1. The van der Waals surface area contributed by atoms with Gasteiger partial charge in [-0.15, -0.1) is 10.2 Å². The Hall–Kier alpha value is -2.04. The molecule has 0 aliphatic carbocycles. The molecule has 0 aliphatic heterocycles. The van der Waals surface area contributed by atoms with Gasteiger partial charge >= 0.3 is 0 Å². The number of amides is 1. The molecule has 0 radical (unpaired) electrons. The molecule has 0 unspecified atom stereocenters. The summed E-state index contributed by atoms with van der Waals surface area (Å²) in [6, 6.07) is 6.61. The Morgan fingerprint density at radius 2 is 1.88 bits per heavy atom. The van der Waals surface area contributed by atoms with Crippen LogP contribution in [0.5, 0.6) is 5.75 Å². The largest absolute Gasteiger partial charge is 0.496 e. The van der Waals surface area contributed by atoms with E-state index in [0.717, 1.165) is 11.3 Å². The molecule has 1 heterocycles. The van der Waals surface area contributed by atoms with Crippen molar-refractivity contribution >= 4 is 32.4 Å². The molecule has 2 rings (SSSR count). The quantitative estimate of drug-likeness (QED) is 0.708. The fourth-order valence-electron chi connectivity index (χ4n) is 1.99. The summed E-state index contributed by atoms with van der Waals surface area (Å²) < 4.78 is 32.6. The first kappa shape index (κ1) is 19.3. The Balaban J connectivity index is 2.16. The van der Waals surface area contributed by atoms with Crippen molar-refractivity contribution in [3.05, 3.63) is 29.8 Å². The van der Waals surface area contributed by atoms with Crippen LogP contribution in [0.2, 0.25) is 0 Å². The van der Waals surface area contributed by atoms with Gasteiger partial charge in [0.25, 0.3) is 10.0 Å². The van der Waals surface area contributed by atoms with Gasteiger partial charge in [0.15, 0.2) is 0 Å². The zero-order valence-electron chi connectivity index (χ0n) is 14.3. The average Bonchev–Trinajstić information content (AvgIpc) is 3.03. The minimum Gasteiger partial charge on any atom is -0.496 e. The molecule has 1 aromatic heterocycles.